The molecule has 5 heteroatoms. The highest BCUT2D eigenvalue weighted by Crippen LogP contribution is 2.06. The van der Waals surface area contributed by atoms with E-state index in [0.29, 0.717) is 12.0 Å². The fourth-order valence-electron chi connectivity index (χ4n) is 1.88. The van der Waals surface area contributed by atoms with Crippen LogP contribution < -0.4 is 5.32 Å². The summed E-state index contributed by atoms with van der Waals surface area (Å²) in [4.78, 5) is 4.36. The van der Waals surface area contributed by atoms with Gasteiger partial charge in [-0.05, 0) is 26.3 Å². The zero-order chi connectivity index (χ0) is 13.4. The van der Waals surface area contributed by atoms with Gasteiger partial charge in [-0.15, -0.1) is 0 Å². The van der Waals surface area contributed by atoms with Crippen LogP contribution in [0.5, 0.6) is 0 Å². The van der Waals surface area contributed by atoms with Gasteiger partial charge in [-0.3, -0.25) is 0 Å². The summed E-state index contributed by atoms with van der Waals surface area (Å²) in [5.74, 6) is 1.64. The van der Waals surface area contributed by atoms with E-state index in [1.807, 2.05) is 18.7 Å². The van der Waals surface area contributed by atoms with E-state index in [2.05, 4.69) is 29.2 Å². The fraction of sp³-hybridized carbons (Fsp3) is 0.846. The first-order valence-electron chi connectivity index (χ1n) is 6.79. The Morgan fingerprint density at radius 2 is 2.22 bits per heavy atom. The van der Waals surface area contributed by atoms with Crippen molar-refractivity contribution < 1.29 is 4.74 Å². The minimum Gasteiger partial charge on any atom is -0.382 e. The molecule has 0 spiro atoms. The number of rotatable bonds is 9. The second-order valence-corrected chi connectivity index (χ2v) is 4.93. The zero-order valence-corrected chi connectivity index (χ0v) is 12.0. The number of hydrogen-bond donors (Lipinski definition) is 1. The number of likely N-dealkylation sites (N-methyl/N-ethyl adjacent to an activating group) is 1. The third-order valence-corrected chi connectivity index (χ3v) is 2.89. The SMILES string of the molecule is CCOCCC(Cc1ncnn1CC(C)C)NC. The molecule has 0 aliphatic heterocycles. The van der Waals surface area contributed by atoms with Crippen LogP contribution in [0.2, 0.25) is 0 Å². The van der Waals surface area contributed by atoms with Crippen molar-refractivity contribution in [3.63, 3.8) is 0 Å². The van der Waals surface area contributed by atoms with Crippen molar-refractivity contribution in [2.24, 2.45) is 5.92 Å². The number of hydrogen-bond acceptors (Lipinski definition) is 4. The first-order chi connectivity index (χ1) is 8.67. The number of nitrogens with one attached hydrogen (secondary N) is 1. The maximum atomic E-state index is 5.40. The molecular formula is C13H26N4O. The second-order valence-electron chi connectivity index (χ2n) is 4.93. The van der Waals surface area contributed by atoms with Gasteiger partial charge in [0.2, 0.25) is 0 Å². The van der Waals surface area contributed by atoms with Crippen LogP contribution in [0, 0.1) is 5.92 Å². The smallest absolute Gasteiger partial charge is 0.138 e. The van der Waals surface area contributed by atoms with E-state index >= 15 is 0 Å². The third-order valence-electron chi connectivity index (χ3n) is 2.89. The molecule has 0 bridgehead atoms. The van der Waals surface area contributed by atoms with Crippen molar-refractivity contribution in [2.45, 2.75) is 46.2 Å². The van der Waals surface area contributed by atoms with Gasteiger partial charge in [0.05, 0.1) is 0 Å². The van der Waals surface area contributed by atoms with E-state index in [1.165, 1.54) is 0 Å². The minimum atomic E-state index is 0.395. The number of ether oxygens (including phenoxy) is 1. The van der Waals surface area contributed by atoms with E-state index in [-0.39, 0.29) is 0 Å². The van der Waals surface area contributed by atoms with Gasteiger partial charge in [-0.25, -0.2) is 9.67 Å². The molecule has 1 aromatic rings. The molecule has 5 nitrogen and oxygen atoms in total. The van der Waals surface area contributed by atoms with Gasteiger partial charge in [0.15, 0.2) is 0 Å². The monoisotopic (exact) mass is 254 g/mol. The Morgan fingerprint density at radius 1 is 1.44 bits per heavy atom. The molecule has 104 valence electrons. The first kappa shape index (κ1) is 15.1. The van der Waals surface area contributed by atoms with Crippen molar-refractivity contribution in [1.29, 1.82) is 0 Å². The number of aromatic nitrogens is 3. The van der Waals surface area contributed by atoms with Gasteiger partial charge in [-0.2, -0.15) is 5.10 Å². The summed E-state index contributed by atoms with van der Waals surface area (Å²) in [6.07, 6.45) is 3.54. The zero-order valence-electron chi connectivity index (χ0n) is 12.0. The molecule has 18 heavy (non-hydrogen) atoms. The lowest BCUT2D eigenvalue weighted by atomic mass is 10.1. The lowest BCUT2D eigenvalue weighted by molar-refractivity contribution is 0.136. The molecule has 1 rings (SSSR count). The Balaban J connectivity index is 2.50. The van der Waals surface area contributed by atoms with E-state index in [1.54, 1.807) is 6.33 Å². The van der Waals surface area contributed by atoms with Crippen molar-refractivity contribution in [1.82, 2.24) is 20.1 Å². The Hall–Kier alpha value is -0.940. The van der Waals surface area contributed by atoms with E-state index < -0.39 is 0 Å². The molecule has 1 aromatic heterocycles. The van der Waals surface area contributed by atoms with Gasteiger partial charge in [0.25, 0.3) is 0 Å². The summed E-state index contributed by atoms with van der Waals surface area (Å²) in [6.45, 7) is 8.90. The van der Waals surface area contributed by atoms with E-state index in [9.17, 15) is 0 Å². The molecular weight excluding hydrogens is 228 g/mol. The van der Waals surface area contributed by atoms with Crippen LogP contribution in [0.4, 0.5) is 0 Å². The highest BCUT2D eigenvalue weighted by atomic mass is 16.5. The molecule has 0 aliphatic rings. The standard InChI is InChI=1S/C13H26N4O/c1-5-18-7-6-12(14-4)8-13-15-10-16-17(13)9-11(2)3/h10-12,14H,5-9H2,1-4H3. The lowest BCUT2D eigenvalue weighted by Gasteiger charge is -2.16. The quantitative estimate of drug-likeness (QED) is 0.678. The van der Waals surface area contributed by atoms with Gasteiger partial charge in [0.1, 0.15) is 12.2 Å². The highest BCUT2D eigenvalue weighted by molar-refractivity contribution is 4.89. The highest BCUT2D eigenvalue weighted by Gasteiger charge is 2.12. The maximum Gasteiger partial charge on any atom is 0.138 e. The lowest BCUT2D eigenvalue weighted by Crippen LogP contribution is -2.30. The molecule has 0 aromatic carbocycles. The van der Waals surface area contributed by atoms with Gasteiger partial charge >= 0.3 is 0 Å². The third kappa shape index (κ3) is 5.14. The Bertz CT molecular complexity index is 325. The van der Waals surface area contributed by atoms with Crippen molar-refractivity contribution in [2.75, 3.05) is 20.3 Å². The van der Waals surface area contributed by atoms with Gasteiger partial charge in [0, 0.05) is 32.2 Å². The normalized spacial score (nSPS) is 13.2. The summed E-state index contributed by atoms with van der Waals surface area (Å²) >= 11 is 0. The maximum absolute atomic E-state index is 5.40. The van der Waals surface area contributed by atoms with Crippen molar-refractivity contribution in [3.05, 3.63) is 12.2 Å². The predicted octanol–water partition coefficient (Wildman–Crippen LogP) is 1.49. The van der Waals surface area contributed by atoms with Gasteiger partial charge in [-0.1, -0.05) is 13.8 Å². The van der Waals surface area contributed by atoms with E-state index in [0.717, 1.165) is 38.4 Å². The van der Waals surface area contributed by atoms with Crippen LogP contribution in [0.25, 0.3) is 0 Å². The van der Waals surface area contributed by atoms with Crippen molar-refractivity contribution >= 4 is 0 Å². The molecule has 1 N–H and O–H groups in total. The van der Waals surface area contributed by atoms with Crippen LogP contribution in [-0.2, 0) is 17.7 Å². The average Bonchev–Trinajstić information content (AvgIpc) is 2.74. The summed E-state index contributed by atoms with van der Waals surface area (Å²) in [5, 5.41) is 7.61. The van der Waals surface area contributed by atoms with Crippen LogP contribution in [0.15, 0.2) is 6.33 Å². The Morgan fingerprint density at radius 3 is 2.83 bits per heavy atom. The topological polar surface area (TPSA) is 52.0 Å². The summed E-state index contributed by atoms with van der Waals surface area (Å²) < 4.78 is 7.41. The molecule has 0 radical (unpaired) electrons. The first-order valence-corrected chi connectivity index (χ1v) is 6.79. The Kier molecular flexibility index (Phi) is 6.90. The molecule has 1 heterocycles. The number of nitrogens with zero attached hydrogens (tertiary/aromatic N) is 3. The molecule has 0 fully saturated rings. The molecule has 0 amide bonds. The summed E-state index contributed by atoms with van der Waals surface area (Å²) in [7, 11) is 1.99. The van der Waals surface area contributed by atoms with Crippen LogP contribution in [0.3, 0.4) is 0 Å². The fourth-order valence-corrected chi connectivity index (χ4v) is 1.88. The van der Waals surface area contributed by atoms with Gasteiger partial charge < -0.3 is 10.1 Å². The minimum absolute atomic E-state index is 0.395. The van der Waals surface area contributed by atoms with Crippen LogP contribution in [0.1, 0.15) is 33.0 Å². The van der Waals surface area contributed by atoms with E-state index in [4.69, 9.17) is 4.74 Å². The molecule has 1 unspecified atom stereocenters. The average molecular weight is 254 g/mol. The van der Waals surface area contributed by atoms with Crippen molar-refractivity contribution in [3.8, 4) is 0 Å². The summed E-state index contributed by atoms with van der Waals surface area (Å²) in [5.41, 5.74) is 0. The molecule has 1 atom stereocenters. The molecule has 0 saturated heterocycles. The Labute approximate surface area is 110 Å². The summed E-state index contributed by atoms with van der Waals surface area (Å²) in [6, 6.07) is 0.395. The largest absolute Gasteiger partial charge is 0.382 e. The molecule has 0 saturated carbocycles. The predicted molar refractivity (Wildman–Crippen MR) is 72.5 cm³/mol. The van der Waals surface area contributed by atoms with Crippen LogP contribution >= 0.6 is 0 Å². The van der Waals surface area contributed by atoms with Crippen LogP contribution in [-0.4, -0.2) is 41.1 Å². The second kappa shape index (κ2) is 8.21. The molecule has 0 aliphatic carbocycles.